The third kappa shape index (κ3) is 4.82. The standard InChI is InChI=1S/C11H18N2O/c1-10(2)12-8-5-9-14-11-6-3-4-7-13-11/h3-4,6-7,10,12H,5,8-9H2,1-2H3. The van der Waals surface area contributed by atoms with Crippen molar-refractivity contribution >= 4 is 0 Å². The molecule has 0 saturated heterocycles. The highest BCUT2D eigenvalue weighted by atomic mass is 16.5. The summed E-state index contributed by atoms with van der Waals surface area (Å²) in [6, 6.07) is 6.22. The van der Waals surface area contributed by atoms with E-state index in [1.165, 1.54) is 0 Å². The zero-order valence-electron chi connectivity index (χ0n) is 8.86. The molecule has 1 N–H and O–H groups in total. The number of nitrogens with zero attached hydrogens (tertiary/aromatic N) is 1. The first-order chi connectivity index (χ1) is 6.79. The molecule has 1 heterocycles. The lowest BCUT2D eigenvalue weighted by Crippen LogP contribution is -2.24. The second-order valence-corrected chi connectivity index (χ2v) is 3.48. The first-order valence-corrected chi connectivity index (χ1v) is 5.06. The fraction of sp³-hybridized carbons (Fsp3) is 0.545. The molecule has 0 atom stereocenters. The van der Waals surface area contributed by atoms with Crippen molar-refractivity contribution in [1.82, 2.24) is 10.3 Å². The molecule has 0 unspecified atom stereocenters. The summed E-state index contributed by atoms with van der Waals surface area (Å²) in [6.45, 7) is 5.99. The quantitative estimate of drug-likeness (QED) is 0.702. The number of rotatable bonds is 6. The Hall–Kier alpha value is -1.09. The molecule has 1 rings (SSSR count). The summed E-state index contributed by atoms with van der Waals surface area (Å²) in [5, 5.41) is 3.33. The van der Waals surface area contributed by atoms with Gasteiger partial charge in [0.15, 0.2) is 0 Å². The minimum absolute atomic E-state index is 0.546. The Morgan fingerprint density at radius 2 is 2.29 bits per heavy atom. The van der Waals surface area contributed by atoms with E-state index >= 15 is 0 Å². The Kier molecular flexibility index (Phi) is 5.00. The summed E-state index contributed by atoms with van der Waals surface area (Å²) in [5.41, 5.74) is 0. The van der Waals surface area contributed by atoms with E-state index < -0.39 is 0 Å². The second kappa shape index (κ2) is 6.38. The third-order valence-electron chi connectivity index (χ3n) is 1.76. The van der Waals surface area contributed by atoms with Crippen molar-refractivity contribution < 1.29 is 4.74 Å². The maximum atomic E-state index is 5.44. The van der Waals surface area contributed by atoms with Crippen LogP contribution in [0.2, 0.25) is 0 Å². The molecule has 0 saturated carbocycles. The molecule has 1 aromatic heterocycles. The molecule has 0 aromatic carbocycles. The van der Waals surface area contributed by atoms with E-state index in [2.05, 4.69) is 24.1 Å². The van der Waals surface area contributed by atoms with Gasteiger partial charge in [0.05, 0.1) is 6.61 Å². The van der Waals surface area contributed by atoms with Gasteiger partial charge >= 0.3 is 0 Å². The lowest BCUT2D eigenvalue weighted by molar-refractivity contribution is 0.295. The first kappa shape index (κ1) is 11.0. The number of hydrogen-bond donors (Lipinski definition) is 1. The molecule has 3 heteroatoms. The fourth-order valence-corrected chi connectivity index (χ4v) is 1.07. The lowest BCUT2D eigenvalue weighted by atomic mass is 10.3. The van der Waals surface area contributed by atoms with Crippen LogP contribution in [0.1, 0.15) is 20.3 Å². The average Bonchev–Trinajstić information content (AvgIpc) is 2.18. The van der Waals surface area contributed by atoms with Gasteiger partial charge in [0.2, 0.25) is 5.88 Å². The van der Waals surface area contributed by atoms with Gasteiger partial charge in [-0.15, -0.1) is 0 Å². The summed E-state index contributed by atoms with van der Waals surface area (Å²) in [4.78, 5) is 4.07. The molecule has 1 aromatic rings. The van der Waals surface area contributed by atoms with E-state index in [9.17, 15) is 0 Å². The van der Waals surface area contributed by atoms with Crippen LogP contribution in [-0.2, 0) is 0 Å². The average molecular weight is 194 g/mol. The Morgan fingerprint density at radius 1 is 1.43 bits per heavy atom. The van der Waals surface area contributed by atoms with Crippen molar-refractivity contribution in [3.8, 4) is 5.88 Å². The van der Waals surface area contributed by atoms with E-state index in [0.29, 0.717) is 11.9 Å². The van der Waals surface area contributed by atoms with Gasteiger partial charge in [-0.3, -0.25) is 0 Å². The smallest absolute Gasteiger partial charge is 0.213 e. The van der Waals surface area contributed by atoms with Crippen molar-refractivity contribution in [3.63, 3.8) is 0 Å². The minimum Gasteiger partial charge on any atom is -0.478 e. The van der Waals surface area contributed by atoms with E-state index in [-0.39, 0.29) is 0 Å². The van der Waals surface area contributed by atoms with Crippen molar-refractivity contribution in [2.24, 2.45) is 0 Å². The summed E-state index contributed by atoms with van der Waals surface area (Å²) >= 11 is 0. The molecule has 0 aliphatic rings. The Bertz CT molecular complexity index is 236. The molecular weight excluding hydrogens is 176 g/mol. The molecule has 0 spiro atoms. The molecule has 0 aliphatic heterocycles. The van der Waals surface area contributed by atoms with E-state index in [1.807, 2.05) is 18.2 Å². The number of ether oxygens (including phenoxy) is 1. The number of nitrogens with one attached hydrogen (secondary N) is 1. The van der Waals surface area contributed by atoms with Crippen LogP contribution in [-0.4, -0.2) is 24.2 Å². The normalized spacial score (nSPS) is 10.5. The van der Waals surface area contributed by atoms with Crippen LogP contribution < -0.4 is 10.1 Å². The van der Waals surface area contributed by atoms with Crippen molar-refractivity contribution in [2.45, 2.75) is 26.3 Å². The van der Waals surface area contributed by atoms with Gasteiger partial charge in [0.25, 0.3) is 0 Å². The molecule has 14 heavy (non-hydrogen) atoms. The van der Waals surface area contributed by atoms with Crippen molar-refractivity contribution in [3.05, 3.63) is 24.4 Å². The maximum Gasteiger partial charge on any atom is 0.213 e. The van der Waals surface area contributed by atoms with Crippen LogP contribution in [0.25, 0.3) is 0 Å². The van der Waals surface area contributed by atoms with Crippen molar-refractivity contribution in [2.75, 3.05) is 13.2 Å². The molecule has 0 amide bonds. The largest absolute Gasteiger partial charge is 0.478 e. The summed E-state index contributed by atoms with van der Waals surface area (Å²) in [7, 11) is 0. The van der Waals surface area contributed by atoms with Crippen LogP contribution in [0.15, 0.2) is 24.4 Å². The topological polar surface area (TPSA) is 34.1 Å². The molecule has 0 bridgehead atoms. The van der Waals surface area contributed by atoms with Crippen LogP contribution in [0.5, 0.6) is 5.88 Å². The lowest BCUT2D eigenvalue weighted by Gasteiger charge is -2.08. The Balaban J connectivity index is 2.05. The fourth-order valence-electron chi connectivity index (χ4n) is 1.07. The highest BCUT2D eigenvalue weighted by Crippen LogP contribution is 2.02. The van der Waals surface area contributed by atoms with Gasteiger partial charge < -0.3 is 10.1 Å². The summed E-state index contributed by atoms with van der Waals surface area (Å²) in [5.74, 6) is 0.706. The highest BCUT2D eigenvalue weighted by molar-refractivity contribution is 5.08. The van der Waals surface area contributed by atoms with E-state index in [0.717, 1.165) is 19.6 Å². The SMILES string of the molecule is CC(C)NCCCOc1ccccn1. The monoisotopic (exact) mass is 194 g/mol. The number of aromatic nitrogens is 1. The number of hydrogen-bond acceptors (Lipinski definition) is 3. The zero-order valence-corrected chi connectivity index (χ0v) is 8.86. The third-order valence-corrected chi connectivity index (χ3v) is 1.76. The summed E-state index contributed by atoms with van der Waals surface area (Å²) < 4.78 is 5.44. The van der Waals surface area contributed by atoms with Gasteiger partial charge in [-0.05, 0) is 19.0 Å². The van der Waals surface area contributed by atoms with Gasteiger partial charge in [-0.1, -0.05) is 19.9 Å². The van der Waals surface area contributed by atoms with Gasteiger partial charge in [-0.2, -0.15) is 0 Å². The molecule has 78 valence electrons. The molecule has 0 radical (unpaired) electrons. The predicted octanol–water partition coefficient (Wildman–Crippen LogP) is 1.85. The van der Waals surface area contributed by atoms with Crippen LogP contribution >= 0.6 is 0 Å². The second-order valence-electron chi connectivity index (χ2n) is 3.48. The predicted molar refractivity (Wildman–Crippen MR) is 57.5 cm³/mol. The molecule has 0 fully saturated rings. The summed E-state index contributed by atoms with van der Waals surface area (Å²) in [6.07, 6.45) is 2.75. The van der Waals surface area contributed by atoms with Gasteiger partial charge in [0.1, 0.15) is 0 Å². The van der Waals surface area contributed by atoms with Crippen LogP contribution in [0.3, 0.4) is 0 Å². The maximum absolute atomic E-state index is 5.44. The van der Waals surface area contributed by atoms with Crippen molar-refractivity contribution in [1.29, 1.82) is 0 Å². The Morgan fingerprint density at radius 3 is 2.93 bits per heavy atom. The highest BCUT2D eigenvalue weighted by Gasteiger charge is 1.94. The van der Waals surface area contributed by atoms with E-state index in [4.69, 9.17) is 4.74 Å². The van der Waals surface area contributed by atoms with Gasteiger partial charge in [-0.25, -0.2) is 4.98 Å². The minimum atomic E-state index is 0.546. The van der Waals surface area contributed by atoms with Gasteiger partial charge in [0, 0.05) is 18.3 Å². The first-order valence-electron chi connectivity index (χ1n) is 5.06. The molecular formula is C11H18N2O. The van der Waals surface area contributed by atoms with Crippen LogP contribution in [0.4, 0.5) is 0 Å². The van der Waals surface area contributed by atoms with E-state index in [1.54, 1.807) is 6.20 Å². The Labute approximate surface area is 85.5 Å². The van der Waals surface area contributed by atoms with Crippen LogP contribution in [0, 0.1) is 0 Å². The molecule has 0 aliphatic carbocycles. The molecule has 3 nitrogen and oxygen atoms in total. The zero-order chi connectivity index (χ0) is 10.2. The number of pyridine rings is 1.